The van der Waals surface area contributed by atoms with Gasteiger partial charge in [-0.2, -0.15) is 0 Å². The number of aryl methyl sites for hydroxylation is 1. The quantitative estimate of drug-likeness (QED) is 0.542. The van der Waals surface area contributed by atoms with E-state index in [9.17, 15) is 29.8 Å². The van der Waals surface area contributed by atoms with Gasteiger partial charge in [-0.1, -0.05) is 6.07 Å². The minimum absolute atomic E-state index is 0.0719. The average molecular weight is 364 g/mol. The molecule has 2 aromatic rings. The molecule has 0 aliphatic heterocycles. The van der Waals surface area contributed by atoms with Gasteiger partial charge in [0.15, 0.2) is 5.75 Å². The number of phenols is 1. The number of carbonyl (C=O) groups is 2. The first-order valence-electron chi connectivity index (χ1n) is 6.73. The Bertz CT molecular complexity index is 819. The highest BCUT2D eigenvalue weighted by Gasteiger charge is 2.16. The first-order valence-corrected chi connectivity index (χ1v) is 6.73. The van der Waals surface area contributed by atoms with Crippen molar-refractivity contribution in [3.05, 3.63) is 73.3 Å². The third-order valence-electron chi connectivity index (χ3n) is 3.07. The molecule has 0 aromatic heterocycles. The van der Waals surface area contributed by atoms with Gasteiger partial charge in [0.1, 0.15) is 0 Å². The maximum atomic E-state index is 10.5. The summed E-state index contributed by atoms with van der Waals surface area (Å²) < 4.78 is 0. The summed E-state index contributed by atoms with van der Waals surface area (Å²) >= 11 is 0. The van der Waals surface area contributed by atoms with Crippen LogP contribution in [-0.4, -0.2) is 37.1 Å². The molecule has 0 heterocycles. The Hall–Kier alpha value is -4.02. The molecule has 0 fully saturated rings. The van der Waals surface area contributed by atoms with Crippen molar-refractivity contribution in [1.82, 2.24) is 0 Å². The second-order valence-corrected chi connectivity index (χ2v) is 4.83. The Kier molecular flexibility index (Phi) is 6.31. The van der Waals surface area contributed by atoms with E-state index >= 15 is 0 Å². The van der Waals surface area contributed by atoms with Crippen LogP contribution in [-0.2, 0) is 0 Å². The van der Waals surface area contributed by atoms with E-state index in [2.05, 4.69) is 0 Å². The van der Waals surface area contributed by atoms with Gasteiger partial charge in [-0.3, -0.25) is 20.2 Å². The molecule has 0 unspecified atom stereocenters. The number of phenolic OH excluding ortho intramolecular Hbond substituents is 1. The van der Waals surface area contributed by atoms with Crippen LogP contribution in [0.15, 0.2) is 36.4 Å². The second-order valence-electron chi connectivity index (χ2n) is 4.83. The summed E-state index contributed by atoms with van der Waals surface area (Å²) in [4.78, 5) is 40.1. The van der Waals surface area contributed by atoms with Crippen molar-refractivity contribution in [3.8, 4) is 5.75 Å². The molecule has 0 spiro atoms. The lowest BCUT2D eigenvalue weighted by Crippen LogP contribution is -1.99. The van der Waals surface area contributed by atoms with E-state index in [1.54, 1.807) is 6.92 Å². The summed E-state index contributed by atoms with van der Waals surface area (Å²) in [6, 6.07) is 6.67. The number of carboxylic acids is 2. The summed E-state index contributed by atoms with van der Waals surface area (Å²) in [7, 11) is 0. The molecular weight excluding hydrogens is 352 g/mol. The van der Waals surface area contributed by atoms with Crippen molar-refractivity contribution < 1.29 is 34.8 Å². The number of benzene rings is 2. The number of carboxylic acid groups (broad SMARTS) is 2. The minimum Gasteiger partial charge on any atom is -0.502 e. The topological polar surface area (TPSA) is 181 Å². The molecule has 2 aromatic carbocycles. The van der Waals surface area contributed by atoms with Crippen molar-refractivity contribution in [3.63, 3.8) is 0 Å². The molecule has 0 saturated heterocycles. The Morgan fingerprint density at radius 2 is 1.27 bits per heavy atom. The molecule has 0 amide bonds. The molecule has 2 rings (SSSR count). The zero-order valence-corrected chi connectivity index (χ0v) is 13.1. The van der Waals surface area contributed by atoms with E-state index in [0.29, 0.717) is 5.56 Å². The molecule has 0 bridgehead atoms. The van der Waals surface area contributed by atoms with Crippen molar-refractivity contribution in [2.75, 3.05) is 0 Å². The molecule has 3 N–H and O–H groups in total. The molecule has 0 aliphatic rings. The van der Waals surface area contributed by atoms with Gasteiger partial charge in [-0.05, 0) is 25.1 Å². The fourth-order valence-electron chi connectivity index (χ4n) is 1.74. The lowest BCUT2D eigenvalue weighted by atomic mass is 10.1. The van der Waals surface area contributed by atoms with Crippen LogP contribution in [0, 0.1) is 27.2 Å². The van der Waals surface area contributed by atoms with Crippen molar-refractivity contribution in [2.24, 2.45) is 0 Å². The fraction of sp³-hybridized carbons (Fsp3) is 0.0667. The fourth-order valence-corrected chi connectivity index (χ4v) is 1.74. The third kappa shape index (κ3) is 4.99. The van der Waals surface area contributed by atoms with Gasteiger partial charge in [0.25, 0.3) is 5.69 Å². The van der Waals surface area contributed by atoms with Crippen LogP contribution in [0.2, 0.25) is 0 Å². The third-order valence-corrected chi connectivity index (χ3v) is 3.07. The number of aromatic hydroxyl groups is 1. The van der Waals surface area contributed by atoms with Crippen LogP contribution in [0.25, 0.3) is 0 Å². The van der Waals surface area contributed by atoms with Crippen LogP contribution < -0.4 is 0 Å². The van der Waals surface area contributed by atoms with Gasteiger partial charge < -0.3 is 15.3 Å². The summed E-state index contributed by atoms with van der Waals surface area (Å²) in [5.74, 6) is -2.98. The molecule has 136 valence electrons. The second kappa shape index (κ2) is 8.19. The largest absolute Gasteiger partial charge is 0.502 e. The van der Waals surface area contributed by atoms with Crippen LogP contribution >= 0.6 is 0 Å². The smallest absolute Gasteiger partial charge is 0.335 e. The Morgan fingerprint density at radius 3 is 1.69 bits per heavy atom. The lowest BCUT2D eigenvalue weighted by Gasteiger charge is -1.97. The highest BCUT2D eigenvalue weighted by atomic mass is 16.6. The van der Waals surface area contributed by atoms with Crippen LogP contribution in [0.4, 0.5) is 11.4 Å². The molecule has 26 heavy (non-hydrogen) atoms. The standard InChI is InChI=1S/C8H7NO4.C7H5NO5/c1-5-2-3-6(8(10)11)4-7(5)9(12)13;9-6-2-1-4(7(10)11)3-5(6)8(12)13/h2-4H,1H3,(H,10,11);1-3,9H,(H,10,11). The lowest BCUT2D eigenvalue weighted by molar-refractivity contribution is -0.385. The number of hydrogen-bond acceptors (Lipinski definition) is 7. The summed E-state index contributed by atoms with van der Waals surface area (Å²) in [5.41, 5.74) is -0.628. The van der Waals surface area contributed by atoms with E-state index in [1.807, 2.05) is 0 Å². The van der Waals surface area contributed by atoms with Crippen LogP contribution in [0.3, 0.4) is 0 Å². The number of nitro benzene ring substituents is 2. The monoisotopic (exact) mass is 364 g/mol. The predicted octanol–water partition coefficient (Wildman–Crippen LogP) is 2.60. The number of hydrogen-bond donors (Lipinski definition) is 3. The van der Waals surface area contributed by atoms with Crippen molar-refractivity contribution in [1.29, 1.82) is 0 Å². The molecule has 11 heteroatoms. The van der Waals surface area contributed by atoms with Gasteiger partial charge >= 0.3 is 17.6 Å². The maximum absolute atomic E-state index is 10.5. The molecule has 0 saturated carbocycles. The van der Waals surface area contributed by atoms with Crippen molar-refractivity contribution in [2.45, 2.75) is 6.92 Å². The highest BCUT2D eigenvalue weighted by Crippen LogP contribution is 2.26. The molecular formula is C15H12N2O9. The highest BCUT2D eigenvalue weighted by molar-refractivity contribution is 5.89. The minimum atomic E-state index is -1.27. The van der Waals surface area contributed by atoms with Crippen LogP contribution in [0.5, 0.6) is 5.75 Å². The Labute approximate surface area is 145 Å². The average Bonchev–Trinajstić information content (AvgIpc) is 2.55. The number of rotatable bonds is 4. The van der Waals surface area contributed by atoms with E-state index < -0.39 is 33.2 Å². The summed E-state index contributed by atoms with van der Waals surface area (Å²) in [5, 5.41) is 46.6. The normalized spacial score (nSPS) is 9.58. The van der Waals surface area contributed by atoms with Gasteiger partial charge in [-0.25, -0.2) is 9.59 Å². The Morgan fingerprint density at radius 1 is 0.846 bits per heavy atom. The molecule has 0 atom stereocenters. The summed E-state index contributed by atoms with van der Waals surface area (Å²) in [6.07, 6.45) is 0. The summed E-state index contributed by atoms with van der Waals surface area (Å²) in [6.45, 7) is 1.56. The Balaban J connectivity index is 0.000000260. The van der Waals surface area contributed by atoms with Gasteiger partial charge in [0.05, 0.1) is 21.0 Å². The van der Waals surface area contributed by atoms with Gasteiger partial charge in [-0.15, -0.1) is 0 Å². The molecule has 0 aliphatic carbocycles. The van der Waals surface area contributed by atoms with E-state index in [4.69, 9.17) is 15.3 Å². The van der Waals surface area contributed by atoms with Gasteiger partial charge in [0, 0.05) is 17.7 Å². The molecule has 11 nitrogen and oxygen atoms in total. The van der Waals surface area contributed by atoms with Crippen LogP contribution in [0.1, 0.15) is 26.3 Å². The first kappa shape index (κ1) is 20.0. The molecule has 0 radical (unpaired) electrons. The van der Waals surface area contributed by atoms with E-state index in [0.717, 1.165) is 24.3 Å². The number of nitro groups is 2. The first-order chi connectivity index (χ1) is 12.0. The maximum Gasteiger partial charge on any atom is 0.335 e. The number of aromatic carboxylic acids is 2. The zero-order chi connectivity index (χ0) is 20.0. The predicted molar refractivity (Wildman–Crippen MR) is 86.5 cm³/mol. The number of nitrogens with zero attached hydrogens (tertiary/aromatic N) is 2. The van der Waals surface area contributed by atoms with E-state index in [-0.39, 0.29) is 16.8 Å². The van der Waals surface area contributed by atoms with Gasteiger partial charge in [0.2, 0.25) is 0 Å². The van der Waals surface area contributed by atoms with E-state index in [1.165, 1.54) is 12.1 Å². The zero-order valence-electron chi connectivity index (χ0n) is 13.1. The SMILES string of the molecule is Cc1ccc(C(=O)O)cc1[N+](=O)[O-].O=C(O)c1ccc(O)c([N+](=O)[O-])c1. The van der Waals surface area contributed by atoms with Crippen molar-refractivity contribution >= 4 is 23.3 Å².